The van der Waals surface area contributed by atoms with Gasteiger partial charge in [0.25, 0.3) is 0 Å². The normalized spacial score (nSPS) is 24.1. The molecule has 2 heterocycles. The topological polar surface area (TPSA) is 85.3 Å². The molecular formula is C11H15BrN4O2. The number of aromatic nitrogens is 1. The van der Waals surface area contributed by atoms with Gasteiger partial charge in [-0.05, 0) is 28.3 Å². The Labute approximate surface area is 113 Å². The van der Waals surface area contributed by atoms with Crippen LogP contribution in [0.1, 0.15) is 13.3 Å². The van der Waals surface area contributed by atoms with Crippen LogP contribution in [0.4, 0.5) is 11.5 Å². The van der Waals surface area contributed by atoms with Crippen LogP contribution >= 0.6 is 15.9 Å². The minimum Gasteiger partial charge on any atom is -0.349 e. The van der Waals surface area contributed by atoms with Crippen LogP contribution in [0.15, 0.2) is 16.7 Å². The summed E-state index contributed by atoms with van der Waals surface area (Å²) in [6.07, 6.45) is 2.50. The van der Waals surface area contributed by atoms with Crippen LogP contribution in [0.2, 0.25) is 0 Å². The first-order valence-electron chi connectivity index (χ1n) is 5.79. The van der Waals surface area contributed by atoms with Crippen molar-refractivity contribution in [1.82, 2.24) is 4.98 Å². The van der Waals surface area contributed by atoms with Crippen molar-refractivity contribution in [3.05, 3.63) is 26.9 Å². The number of nitro groups is 1. The summed E-state index contributed by atoms with van der Waals surface area (Å²) in [5.41, 5.74) is 6.03. The largest absolute Gasteiger partial charge is 0.349 e. The van der Waals surface area contributed by atoms with E-state index in [0.717, 1.165) is 13.0 Å². The van der Waals surface area contributed by atoms with Crippen molar-refractivity contribution in [2.24, 2.45) is 11.7 Å². The van der Waals surface area contributed by atoms with Gasteiger partial charge in [0, 0.05) is 35.9 Å². The lowest BCUT2D eigenvalue weighted by Crippen LogP contribution is -2.48. The standard InChI is InChI=1S/C11H15BrN4O2/c1-7-2-3-15(6-9(7)13)11-10(16(17)18)4-8(12)5-14-11/h4-5,7,9H,2-3,6,13H2,1H3. The summed E-state index contributed by atoms with van der Waals surface area (Å²) in [4.78, 5) is 16.7. The van der Waals surface area contributed by atoms with Crippen LogP contribution in [-0.2, 0) is 0 Å². The van der Waals surface area contributed by atoms with Crippen LogP contribution < -0.4 is 10.6 Å². The van der Waals surface area contributed by atoms with Gasteiger partial charge in [-0.15, -0.1) is 0 Å². The summed E-state index contributed by atoms with van der Waals surface area (Å²) < 4.78 is 0.604. The number of hydrogen-bond acceptors (Lipinski definition) is 5. The number of nitrogens with zero attached hydrogens (tertiary/aromatic N) is 3. The van der Waals surface area contributed by atoms with Crippen LogP contribution in [0, 0.1) is 16.0 Å². The van der Waals surface area contributed by atoms with Gasteiger partial charge in [-0.3, -0.25) is 10.1 Å². The van der Waals surface area contributed by atoms with Crippen molar-refractivity contribution in [2.75, 3.05) is 18.0 Å². The van der Waals surface area contributed by atoms with E-state index in [-0.39, 0.29) is 11.7 Å². The Bertz CT molecular complexity index is 468. The average Bonchev–Trinajstić information content (AvgIpc) is 2.32. The number of piperidine rings is 1. The lowest BCUT2D eigenvalue weighted by atomic mass is 9.94. The van der Waals surface area contributed by atoms with Crippen LogP contribution in [0.25, 0.3) is 0 Å². The Hall–Kier alpha value is -1.21. The van der Waals surface area contributed by atoms with E-state index in [1.165, 1.54) is 6.07 Å². The van der Waals surface area contributed by atoms with E-state index < -0.39 is 4.92 Å². The molecule has 7 heteroatoms. The van der Waals surface area contributed by atoms with E-state index in [1.807, 2.05) is 4.90 Å². The number of nitrogens with two attached hydrogens (primary N) is 1. The fourth-order valence-corrected chi connectivity index (χ4v) is 2.41. The molecule has 0 amide bonds. The number of halogens is 1. The van der Waals surface area contributed by atoms with Gasteiger partial charge in [0.2, 0.25) is 5.82 Å². The van der Waals surface area contributed by atoms with Gasteiger partial charge in [0.15, 0.2) is 0 Å². The highest BCUT2D eigenvalue weighted by Crippen LogP contribution is 2.31. The van der Waals surface area contributed by atoms with Gasteiger partial charge in [0.1, 0.15) is 0 Å². The molecule has 2 unspecified atom stereocenters. The van der Waals surface area contributed by atoms with Gasteiger partial charge in [0.05, 0.1) is 4.92 Å². The monoisotopic (exact) mass is 314 g/mol. The lowest BCUT2D eigenvalue weighted by Gasteiger charge is -2.35. The Morgan fingerprint density at radius 2 is 2.39 bits per heavy atom. The van der Waals surface area contributed by atoms with Crippen molar-refractivity contribution in [3.8, 4) is 0 Å². The summed E-state index contributed by atoms with van der Waals surface area (Å²) >= 11 is 3.20. The van der Waals surface area contributed by atoms with Crippen molar-refractivity contribution in [1.29, 1.82) is 0 Å². The highest BCUT2D eigenvalue weighted by atomic mass is 79.9. The Morgan fingerprint density at radius 1 is 1.67 bits per heavy atom. The molecule has 0 aromatic carbocycles. The van der Waals surface area contributed by atoms with E-state index in [1.54, 1.807) is 6.20 Å². The number of rotatable bonds is 2. The molecule has 0 aliphatic carbocycles. The third-order valence-corrected chi connectivity index (χ3v) is 3.76. The van der Waals surface area contributed by atoms with E-state index in [4.69, 9.17) is 5.73 Å². The summed E-state index contributed by atoms with van der Waals surface area (Å²) in [5.74, 6) is 0.848. The maximum atomic E-state index is 11.0. The maximum Gasteiger partial charge on any atom is 0.312 e. The van der Waals surface area contributed by atoms with Crippen molar-refractivity contribution >= 4 is 27.4 Å². The van der Waals surface area contributed by atoms with Crippen LogP contribution in [-0.4, -0.2) is 29.0 Å². The molecule has 18 heavy (non-hydrogen) atoms. The number of anilines is 1. The summed E-state index contributed by atoms with van der Waals surface area (Å²) in [7, 11) is 0. The molecule has 1 aliphatic rings. The molecule has 2 atom stereocenters. The average molecular weight is 315 g/mol. The molecule has 98 valence electrons. The second-order valence-electron chi connectivity index (χ2n) is 4.63. The first-order chi connectivity index (χ1) is 8.49. The first kappa shape index (κ1) is 13.2. The molecular weight excluding hydrogens is 300 g/mol. The van der Waals surface area contributed by atoms with Crippen LogP contribution in [0.5, 0.6) is 0 Å². The molecule has 1 saturated heterocycles. The first-order valence-corrected chi connectivity index (χ1v) is 6.59. The van der Waals surface area contributed by atoms with Gasteiger partial charge in [-0.2, -0.15) is 0 Å². The predicted octanol–water partition coefficient (Wildman–Crippen LogP) is 1.93. The molecule has 2 N–H and O–H groups in total. The van der Waals surface area contributed by atoms with Crippen LogP contribution in [0.3, 0.4) is 0 Å². The summed E-state index contributed by atoms with van der Waals surface area (Å²) in [6, 6.07) is 1.51. The second kappa shape index (κ2) is 5.19. The number of hydrogen-bond donors (Lipinski definition) is 1. The van der Waals surface area contributed by atoms with E-state index in [0.29, 0.717) is 22.8 Å². The maximum absolute atomic E-state index is 11.0. The SMILES string of the molecule is CC1CCN(c2ncc(Br)cc2[N+](=O)[O-])CC1N. The van der Waals surface area contributed by atoms with Gasteiger partial charge in [-0.25, -0.2) is 4.98 Å². The molecule has 1 aliphatic heterocycles. The number of pyridine rings is 1. The highest BCUT2D eigenvalue weighted by Gasteiger charge is 2.28. The predicted molar refractivity (Wildman–Crippen MR) is 72.6 cm³/mol. The Kier molecular flexibility index (Phi) is 3.82. The van der Waals surface area contributed by atoms with Crippen molar-refractivity contribution in [2.45, 2.75) is 19.4 Å². The molecule has 0 radical (unpaired) electrons. The van der Waals surface area contributed by atoms with Crippen molar-refractivity contribution in [3.63, 3.8) is 0 Å². The molecule has 0 bridgehead atoms. The fraction of sp³-hybridized carbons (Fsp3) is 0.545. The Morgan fingerprint density at radius 3 is 3.00 bits per heavy atom. The molecule has 0 spiro atoms. The quantitative estimate of drug-likeness (QED) is 0.666. The zero-order valence-electron chi connectivity index (χ0n) is 10.0. The van der Waals surface area contributed by atoms with Gasteiger partial charge >= 0.3 is 5.69 Å². The van der Waals surface area contributed by atoms with Gasteiger partial charge in [-0.1, -0.05) is 6.92 Å². The second-order valence-corrected chi connectivity index (χ2v) is 5.54. The minimum atomic E-state index is -0.406. The molecule has 6 nitrogen and oxygen atoms in total. The van der Waals surface area contributed by atoms with E-state index in [2.05, 4.69) is 27.8 Å². The Balaban J connectivity index is 2.30. The third-order valence-electron chi connectivity index (χ3n) is 3.33. The molecule has 0 saturated carbocycles. The van der Waals surface area contributed by atoms with Gasteiger partial charge < -0.3 is 10.6 Å². The van der Waals surface area contributed by atoms with E-state index in [9.17, 15) is 10.1 Å². The molecule has 1 aromatic rings. The zero-order valence-corrected chi connectivity index (χ0v) is 11.6. The summed E-state index contributed by atoms with van der Waals surface area (Å²) in [5, 5.41) is 11.0. The smallest absolute Gasteiger partial charge is 0.312 e. The molecule has 2 rings (SSSR count). The zero-order chi connectivity index (χ0) is 13.3. The van der Waals surface area contributed by atoms with Crippen molar-refractivity contribution < 1.29 is 4.92 Å². The fourth-order valence-electron chi connectivity index (χ4n) is 2.09. The highest BCUT2D eigenvalue weighted by molar-refractivity contribution is 9.10. The third kappa shape index (κ3) is 2.62. The minimum absolute atomic E-state index is 0.0196. The molecule has 1 aromatic heterocycles. The molecule has 1 fully saturated rings. The lowest BCUT2D eigenvalue weighted by molar-refractivity contribution is -0.384. The van der Waals surface area contributed by atoms with E-state index >= 15 is 0 Å². The summed E-state index contributed by atoms with van der Waals surface area (Å²) in [6.45, 7) is 3.46.